The first kappa shape index (κ1) is 37.7. The van der Waals surface area contributed by atoms with Gasteiger partial charge >= 0.3 is 5.97 Å². The van der Waals surface area contributed by atoms with Gasteiger partial charge in [0.15, 0.2) is 0 Å². The molecule has 3 heterocycles. The van der Waals surface area contributed by atoms with Crippen LogP contribution in [0.4, 0.5) is 20.2 Å². The Labute approximate surface area is 322 Å². The topological polar surface area (TPSA) is 145 Å². The average molecular weight is 770 g/mol. The smallest absolute Gasteiger partial charge is 0.336 e. The number of carboxylic acids is 1. The average Bonchev–Trinajstić information content (AvgIpc) is 3.18. The highest BCUT2D eigenvalue weighted by atomic mass is 28.3. The van der Waals surface area contributed by atoms with Crippen molar-refractivity contribution in [1.29, 1.82) is 0 Å². The number of hydrogen-bond acceptors (Lipinski definition) is 8. The minimum atomic E-state index is -3.28. The zero-order chi connectivity index (χ0) is 39.6. The zero-order valence-electron chi connectivity index (χ0n) is 30.5. The number of anilines is 2. The summed E-state index contributed by atoms with van der Waals surface area (Å²) in [4.78, 5) is 49.9. The summed E-state index contributed by atoms with van der Waals surface area (Å²) in [6.45, 7) is 5.97. The number of halogens is 2. The Balaban J connectivity index is 1.09. The van der Waals surface area contributed by atoms with E-state index in [1.54, 1.807) is 37.6 Å². The van der Waals surface area contributed by atoms with Crippen molar-refractivity contribution in [2.75, 3.05) is 23.7 Å². The highest BCUT2D eigenvalue weighted by molar-refractivity contribution is 6.98. The van der Waals surface area contributed by atoms with Crippen LogP contribution < -0.4 is 15.8 Å². The summed E-state index contributed by atoms with van der Waals surface area (Å²) >= 11 is 0. The lowest BCUT2D eigenvalue weighted by Crippen LogP contribution is -2.51. The van der Waals surface area contributed by atoms with E-state index in [9.17, 15) is 24.6 Å². The predicted octanol–water partition coefficient (Wildman–Crippen LogP) is 7.02. The molecule has 2 aromatic heterocycles. The number of benzene rings is 3. The molecule has 3 aromatic carbocycles. The summed E-state index contributed by atoms with van der Waals surface area (Å²) in [5, 5.41) is 27.0. The molecular formula is C43H37F2N5O5Si-. The van der Waals surface area contributed by atoms with E-state index in [2.05, 4.69) is 25.5 Å². The molecule has 0 saturated heterocycles. The van der Waals surface area contributed by atoms with Crippen molar-refractivity contribution in [2.45, 2.75) is 26.2 Å². The molecule has 7 rings (SSSR count). The molecule has 0 spiro atoms. The van der Waals surface area contributed by atoms with Crippen molar-refractivity contribution < 1.29 is 33.4 Å². The quantitative estimate of drug-likeness (QED) is 0.0985. The molecule has 5 aromatic rings. The molecule has 10 nitrogen and oxygen atoms in total. The molecular weight excluding hydrogens is 733 g/mol. The molecule has 56 heavy (non-hydrogen) atoms. The maximum Gasteiger partial charge on any atom is 0.336 e. The number of fused-ring (bicyclic) bond motifs is 2. The van der Waals surface area contributed by atoms with Crippen LogP contribution in [0.15, 0.2) is 132 Å². The normalized spacial score (nSPS) is 14.4. The van der Waals surface area contributed by atoms with Crippen LogP contribution >= 0.6 is 0 Å². The number of carboxylic acid groups (broad SMARTS) is 1. The van der Waals surface area contributed by atoms with Gasteiger partial charge in [-0.3, -0.25) is 24.5 Å². The standard InChI is InChI=1S/C43H37F2N5O5Si/c1-56(2)40-32(15-17-35(51)38(40)44)37(33-16-18-36(52)39(45)41(33)56)31-14-9-26(23-34(31)43(54)55)42(53)49-28-12-10-27(11-13-28)48-21-22-50(24-29-7-3-5-19-46-29)25-30-8-4-6-20-47-30/h3-20,23,48,51H,21-22,24-25H2,1-2H3,(H,49,53)(H,54,55)/q-1. The van der Waals surface area contributed by atoms with Gasteiger partial charge in [-0.2, -0.15) is 13.1 Å². The number of ketones is 1. The highest BCUT2D eigenvalue weighted by Crippen LogP contribution is 2.45. The largest absolute Gasteiger partial charge is 0.505 e. The molecule has 13 heteroatoms. The summed E-state index contributed by atoms with van der Waals surface area (Å²) in [6.07, 6.45) is 6.03. The van der Waals surface area contributed by atoms with Gasteiger partial charge in [0.25, 0.3) is 5.91 Å². The van der Waals surface area contributed by atoms with Gasteiger partial charge in [0, 0.05) is 55.5 Å². The van der Waals surface area contributed by atoms with Crippen LogP contribution in [0.2, 0.25) is 13.1 Å². The highest BCUT2D eigenvalue weighted by Gasteiger charge is 2.37. The number of nitrogens with one attached hydrogen (secondary N) is 2. The molecule has 0 bridgehead atoms. The number of pyridine rings is 2. The van der Waals surface area contributed by atoms with Crippen molar-refractivity contribution in [3.8, 4) is 5.75 Å². The lowest BCUT2D eigenvalue weighted by molar-refractivity contribution is -0.112. The van der Waals surface area contributed by atoms with E-state index in [0.29, 0.717) is 31.9 Å². The van der Waals surface area contributed by atoms with Gasteiger partial charge in [0.2, 0.25) is 5.78 Å². The minimum Gasteiger partial charge on any atom is -0.505 e. The maximum atomic E-state index is 15.7. The van der Waals surface area contributed by atoms with E-state index in [-0.39, 0.29) is 43.8 Å². The molecule has 0 radical (unpaired) electrons. The number of aromatic carboxylic acids is 1. The first-order chi connectivity index (χ1) is 26.9. The van der Waals surface area contributed by atoms with E-state index < -0.39 is 43.1 Å². The second-order valence-corrected chi connectivity index (χ2v) is 18.2. The number of allylic oxidation sites excluding steroid dienone is 5. The van der Waals surface area contributed by atoms with Crippen molar-refractivity contribution in [3.63, 3.8) is 0 Å². The van der Waals surface area contributed by atoms with Crippen molar-refractivity contribution in [2.24, 2.45) is 0 Å². The SMILES string of the molecule is C[Si-]1(C)C2=C(F)C(=O)C=CC2=C(c2ccc(C(=O)Nc3ccc(NCCN(Cc4ccccn4)Cc4ccccn4)cc3)cc2C(=O)O)c2ccc(O)c(F)c21. The van der Waals surface area contributed by atoms with Gasteiger partial charge in [-0.15, -0.1) is 10.4 Å². The number of aromatic hydroxyl groups is 1. The Hall–Kier alpha value is -6.57. The fourth-order valence-electron chi connectivity index (χ4n) is 7.29. The lowest BCUT2D eigenvalue weighted by Gasteiger charge is -2.47. The molecule has 2 aliphatic rings. The molecule has 1 aliphatic heterocycles. The van der Waals surface area contributed by atoms with Crippen molar-refractivity contribution >= 4 is 47.9 Å². The summed E-state index contributed by atoms with van der Waals surface area (Å²) in [7, 11) is -3.28. The monoisotopic (exact) mass is 769 g/mol. The molecule has 0 unspecified atom stereocenters. The summed E-state index contributed by atoms with van der Waals surface area (Å²) in [5.74, 6) is -5.44. The van der Waals surface area contributed by atoms with Gasteiger partial charge in [-0.05, 0) is 95.1 Å². The summed E-state index contributed by atoms with van der Waals surface area (Å²) in [6, 6.07) is 25.5. The molecule has 0 fully saturated rings. The number of carbonyl (C=O) groups is 3. The molecule has 283 valence electrons. The number of phenolic OH excluding ortho intramolecular Hbond substituents is 1. The number of nitrogens with zero attached hydrogens (tertiary/aromatic N) is 3. The third-order valence-electron chi connectivity index (χ3n) is 9.92. The Morgan fingerprint density at radius 3 is 2.09 bits per heavy atom. The molecule has 1 aliphatic carbocycles. The second-order valence-electron chi connectivity index (χ2n) is 14.0. The number of aromatic nitrogens is 2. The van der Waals surface area contributed by atoms with Crippen LogP contribution in [0.5, 0.6) is 5.75 Å². The van der Waals surface area contributed by atoms with Gasteiger partial charge in [-0.1, -0.05) is 38.4 Å². The predicted molar refractivity (Wildman–Crippen MR) is 212 cm³/mol. The van der Waals surface area contributed by atoms with E-state index in [1.807, 2.05) is 48.5 Å². The Kier molecular flexibility index (Phi) is 10.5. The van der Waals surface area contributed by atoms with Gasteiger partial charge < -0.3 is 20.8 Å². The van der Waals surface area contributed by atoms with Crippen LogP contribution in [0.25, 0.3) is 5.57 Å². The number of hydrogen-bond donors (Lipinski definition) is 4. The van der Waals surface area contributed by atoms with Crippen LogP contribution in [-0.4, -0.2) is 63.9 Å². The third kappa shape index (κ3) is 7.54. The Bertz CT molecular complexity index is 2410. The Morgan fingerprint density at radius 1 is 0.821 bits per heavy atom. The second kappa shape index (κ2) is 15.7. The zero-order valence-corrected chi connectivity index (χ0v) is 31.5. The van der Waals surface area contributed by atoms with Crippen molar-refractivity contribution in [1.82, 2.24) is 14.9 Å². The molecule has 0 atom stereocenters. The minimum absolute atomic E-state index is 0.0133. The summed E-state index contributed by atoms with van der Waals surface area (Å²) in [5.41, 5.74) is 3.79. The van der Waals surface area contributed by atoms with Crippen LogP contribution in [0.3, 0.4) is 0 Å². The molecule has 4 N–H and O–H groups in total. The van der Waals surface area contributed by atoms with Gasteiger partial charge in [0.1, 0.15) is 17.4 Å². The van der Waals surface area contributed by atoms with Crippen LogP contribution in [0, 0.1) is 5.82 Å². The van der Waals surface area contributed by atoms with Crippen molar-refractivity contribution in [3.05, 3.63) is 172 Å². The van der Waals surface area contributed by atoms with Crippen LogP contribution in [-0.2, 0) is 17.9 Å². The fraction of sp³-hybridized carbons (Fsp3) is 0.140. The van der Waals surface area contributed by atoms with Crippen LogP contribution in [0.1, 0.15) is 43.2 Å². The molecule has 1 amide bonds. The first-order valence-corrected chi connectivity index (χ1v) is 20.9. The molecule has 0 saturated carbocycles. The lowest BCUT2D eigenvalue weighted by atomic mass is 9.86. The summed E-state index contributed by atoms with van der Waals surface area (Å²) < 4.78 is 31.3. The van der Waals surface area contributed by atoms with E-state index in [4.69, 9.17) is 0 Å². The number of rotatable bonds is 12. The van der Waals surface area contributed by atoms with Gasteiger partial charge in [-0.25, -0.2) is 13.6 Å². The number of phenols is 1. The number of amides is 1. The third-order valence-corrected chi connectivity index (χ3v) is 13.4. The van der Waals surface area contributed by atoms with E-state index in [1.165, 1.54) is 30.3 Å². The maximum absolute atomic E-state index is 15.7. The fourth-order valence-corrected chi connectivity index (χ4v) is 10.7. The van der Waals surface area contributed by atoms with Gasteiger partial charge in [0.05, 0.1) is 17.0 Å². The Morgan fingerprint density at radius 2 is 1.46 bits per heavy atom. The van der Waals surface area contributed by atoms with E-state index in [0.717, 1.165) is 29.2 Å². The van der Waals surface area contributed by atoms with E-state index >= 15 is 8.78 Å². The number of carbonyl (C=O) groups excluding carboxylic acids is 2. The first-order valence-electron chi connectivity index (χ1n) is 17.9.